The number of hydrogen-bond donors (Lipinski definition) is 2. The van der Waals surface area contributed by atoms with Crippen LogP contribution in [0.1, 0.15) is 22.8 Å². The van der Waals surface area contributed by atoms with E-state index in [0.29, 0.717) is 22.8 Å². The second-order valence-electron chi connectivity index (χ2n) is 7.35. The number of nitrogens with zero attached hydrogens (tertiary/aromatic N) is 1. The normalized spacial score (nSPS) is 10.9. The number of carbonyl (C=O) groups excluding carboxylic acids is 2. The van der Waals surface area contributed by atoms with Crippen molar-refractivity contribution in [1.82, 2.24) is 0 Å². The molecule has 172 valence electrons. The van der Waals surface area contributed by atoms with Gasteiger partial charge in [-0.3, -0.25) is 13.9 Å². The highest BCUT2D eigenvalue weighted by molar-refractivity contribution is 7.92. The quantitative estimate of drug-likeness (QED) is 0.546. The Morgan fingerprint density at radius 3 is 2.21 bits per heavy atom. The molecule has 2 N–H and O–H groups in total. The molecule has 2 amide bonds. The van der Waals surface area contributed by atoms with Crippen molar-refractivity contribution >= 4 is 38.9 Å². The lowest BCUT2D eigenvalue weighted by Gasteiger charge is -2.21. The van der Waals surface area contributed by atoms with Gasteiger partial charge in [-0.2, -0.15) is 0 Å². The Kier molecular flexibility index (Phi) is 7.03. The Labute approximate surface area is 193 Å². The van der Waals surface area contributed by atoms with Crippen LogP contribution in [0.15, 0.2) is 71.6 Å². The number of hydrogen-bond acceptors (Lipinski definition) is 5. The molecular formula is C24H25N3O5S. The highest BCUT2D eigenvalue weighted by Gasteiger charge is 2.24. The third-order valence-corrected chi connectivity index (χ3v) is 6.72. The fourth-order valence-corrected chi connectivity index (χ4v) is 4.42. The first-order valence-corrected chi connectivity index (χ1v) is 11.5. The number of nitrogens with one attached hydrogen (secondary N) is 2. The van der Waals surface area contributed by atoms with Crippen molar-refractivity contribution in [2.75, 3.05) is 29.1 Å². The molecule has 0 saturated heterocycles. The summed E-state index contributed by atoms with van der Waals surface area (Å²) in [6.45, 7) is 3.25. The van der Waals surface area contributed by atoms with E-state index in [9.17, 15) is 18.0 Å². The van der Waals surface area contributed by atoms with Crippen molar-refractivity contribution in [2.45, 2.75) is 18.7 Å². The zero-order chi connectivity index (χ0) is 24.2. The van der Waals surface area contributed by atoms with Crippen LogP contribution < -0.4 is 19.7 Å². The van der Waals surface area contributed by atoms with Crippen molar-refractivity contribution in [3.05, 3.63) is 77.9 Å². The number of ether oxygens (including phenoxy) is 1. The van der Waals surface area contributed by atoms with Crippen LogP contribution in [0.3, 0.4) is 0 Å². The topological polar surface area (TPSA) is 105 Å². The van der Waals surface area contributed by atoms with E-state index in [2.05, 4.69) is 10.6 Å². The molecule has 0 radical (unpaired) electrons. The van der Waals surface area contributed by atoms with Crippen LogP contribution in [0.4, 0.5) is 17.1 Å². The van der Waals surface area contributed by atoms with Crippen molar-refractivity contribution < 1.29 is 22.7 Å². The molecule has 0 atom stereocenters. The predicted octanol–water partition coefficient (Wildman–Crippen LogP) is 4.04. The Balaban J connectivity index is 1.83. The predicted molar refractivity (Wildman–Crippen MR) is 128 cm³/mol. The number of benzene rings is 3. The third kappa shape index (κ3) is 5.32. The largest absolute Gasteiger partial charge is 0.495 e. The molecule has 0 saturated carbocycles. The minimum absolute atomic E-state index is 0.0296. The molecule has 3 aromatic carbocycles. The fourth-order valence-electron chi connectivity index (χ4n) is 3.21. The summed E-state index contributed by atoms with van der Waals surface area (Å²) in [7, 11) is -0.968. The minimum Gasteiger partial charge on any atom is -0.495 e. The second kappa shape index (κ2) is 9.74. The van der Waals surface area contributed by atoms with Gasteiger partial charge in [0.1, 0.15) is 5.75 Å². The molecule has 3 rings (SSSR count). The van der Waals surface area contributed by atoms with Gasteiger partial charge in [0.15, 0.2) is 0 Å². The van der Waals surface area contributed by atoms with Gasteiger partial charge in [0.2, 0.25) is 5.91 Å². The fraction of sp³-hybridized carbons (Fsp3) is 0.167. The van der Waals surface area contributed by atoms with E-state index in [0.717, 1.165) is 9.87 Å². The molecule has 0 spiro atoms. The molecule has 0 aliphatic rings. The summed E-state index contributed by atoms with van der Waals surface area (Å²) < 4.78 is 32.6. The van der Waals surface area contributed by atoms with E-state index in [1.165, 1.54) is 45.3 Å². The first kappa shape index (κ1) is 23.8. The van der Waals surface area contributed by atoms with Gasteiger partial charge in [-0.1, -0.05) is 18.2 Å². The lowest BCUT2D eigenvalue weighted by atomic mass is 10.1. The molecule has 8 nitrogen and oxygen atoms in total. The summed E-state index contributed by atoms with van der Waals surface area (Å²) in [5.41, 5.74) is 2.48. The molecule has 0 aromatic heterocycles. The van der Waals surface area contributed by atoms with E-state index in [4.69, 9.17) is 4.74 Å². The van der Waals surface area contributed by atoms with E-state index in [-0.39, 0.29) is 16.4 Å². The summed E-state index contributed by atoms with van der Waals surface area (Å²) >= 11 is 0. The number of anilines is 3. The maximum absolute atomic E-state index is 13.1. The molecular weight excluding hydrogens is 442 g/mol. The van der Waals surface area contributed by atoms with Crippen molar-refractivity contribution in [3.8, 4) is 5.75 Å². The molecule has 33 heavy (non-hydrogen) atoms. The van der Waals surface area contributed by atoms with E-state index in [1.807, 2.05) is 13.0 Å². The molecule has 0 fully saturated rings. The SMILES string of the molecule is COc1ccccc1N(C)S(=O)(=O)c1ccc(C(=O)Nc2cc(C)ccc2NC(C)=O)cc1. The number of rotatable bonds is 7. The summed E-state index contributed by atoms with van der Waals surface area (Å²) in [5.74, 6) is -0.273. The Bertz CT molecular complexity index is 1290. The van der Waals surface area contributed by atoms with Crippen LogP contribution in [0.5, 0.6) is 5.75 Å². The molecule has 0 heterocycles. The van der Waals surface area contributed by atoms with Crippen LogP contribution in [0, 0.1) is 6.92 Å². The molecule has 0 aliphatic carbocycles. The highest BCUT2D eigenvalue weighted by Crippen LogP contribution is 2.31. The average Bonchev–Trinajstić information content (AvgIpc) is 2.80. The van der Waals surface area contributed by atoms with Gasteiger partial charge in [-0.05, 0) is 61.0 Å². The average molecular weight is 468 g/mol. The van der Waals surface area contributed by atoms with Crippen LogP contribution in [-0.4, -0.2) is 34.4 Å². The Hall–Kier alpha value is -3.85. The van der Waals surface area contributed by atoms with Crippen LogP contribution >= 0.6 is 0 Å². The van der Waals surface area contributed by atoms with Crippen molar-refractivity contribution in [1.29, 1.82) is 0 Å². The molecule has 9 heteroatoms. The van der Waals surface area contributed by atoms with Gasteiger partial charge in [-0.15, -0.1) is 0 Å². The summed E-state index contributed by atoms with van der Waals surface area (Å²) in [4.78, 5) is 24.2. The van der Waals surface area contributed by atoms with Gasteiger partial charge < -0.3 is 15.4 Å². The van der Waals surface area contributed by atoms with E-state index in [1.54, 1.807) is 36.4 Å². The Morgan fingerprint density at radius 1 is 0.909 bits per heavy atom. The molecule has 0 aliphatic heterocycles. The van der Waals surface area contributed by atoms with Gasteiger partial charge in [0.05, 0.1) is 29.1 Å². The number of para-hydroxylation sites is 2. The number of sulfonamides is 1. The monoisotopic (exact) mass is 467 g/mol. The zero-order valence-corrected chi connectivity index (χ0v) is 19.6. The van der Waals surface area contributed by atoms with Gasteiger partial charge in [0, 0.05) is 19.5 Å². The summed E-state index contributed by atoms with van der Waals surface area (Å²) in [6.07, 6.45) is 0. The number of aryl methyl sites for hydroxylation is 1. The number of amides is 2. The van der Waals surface area contributed by atoms with Crippen molar-refractivity contribution in [2.24, 2.45) is 0 Å². The Morgan fingerprint density at radius 2 is 1.58 bits per heavy atom. The molecule has 0 bridgehead atoms. The van der Waals surface area contributed by atoms with Crippen molar-refractivity contribution in [3.63, 3.8) is 0 Å². The lowest BCUT2D eigenvalue weighted by Crippen LogP contribution is -2.27. The maximum Gasteiger partial charge on any atom is 0.264 e. The summed E-state index contributed by atoms with van der Waals surface area (Å²) in [5, 5.41) is 5.44. The van der Waals surface area contributed by atoms with E-state index >= 15 is 0 Å². The van der Waals surface area contributed by atoms with Gasteiger partial charge in [-0.25, -0.2) is 8.42 Å². The highest BCUT2D eigenvalue weighted by atomic mass is 32.2. The molecule has 0 unspecified atom stereocenters. The maximum atomic E-state index is 13.1. The molecule has 3 aromatic rings. The standard InChI is InChI=1S/C24H25N3O5S/c1-16-9-14-20(25-17(2)28)21(15-16)26-24(29)18-10-12-19(13-11-18)33(30,31)27(3)22-7-5-6-8-23(22)32-4/h5-15H,1-4H3,(H,25,28)(H,26,29). The van der Waals surface area contributed by atoms with Crippen LogP contribution in [-0.2, 0) is 14.8 Å². The first-order chi connectivity index (χ1) is 15.6. The zero-order valence-electron chi connectivity index (χ0n) is 18.7. The number of methoxy groups -OCH3 is 1. The first-order valence-electron chi connectivity index (χ1n) is 10.0. The second-order valence-corrected chi connectivity index (χ2v) is 9.32. The number of carbonyl (C=O) groups is 2. The smallest absolute Gasteiger partial charge is 0.264 e. The van der Waals surface area contributed by atoms with Crippen LogP contribution in [0.25, 0.3) is 0 Å². The lowest BCUT2D eigenvalue weighted by molar-refractivity contribution is -0.114. The van der Waals surface area contributed by atoms with E-state index < -0.39 is 15.9 Å². The third-order valence-electron chi connectivity index (χ3n) is 4.93. The van der Waals surface area contributed by atoms with Gasteiger partial charge in [0.25, 0.3) is 15.9 Å². The minimum atomic E-state index is -3.88. The summed E-state index contributed by atoms with van der Waals surface area (Å²) in [6, 6.07) is 17.7. The van der Waals surface area contributed by atoms with Gasteiger partial charge >= 0.3 is 0 Å². The van der Waals surface area contributed by atoms with Crippen LogP contribution in [0.2, 0.25) is 0 Å².